The van der Waals surface area contributed by atoms with E-state index in [-0.39, 0.29) is 5.76 Å². The fraction of sp³-hybridized carbons (Fsp3) is 0.353. The van der Waals surface area contributed by atoms with Crippen LogP contribution < -0.4 is 5.32 Å². The molecule has 1 aliphatic rings. The lowest BCUT2D eigenvalue weighted by Crippen LogP contribution is -2.20. The third kappa shape index (κ3) is 4.11. The Hall–Kier alpha value is -2.11. The molecule has 0 saturated heterocycles. The van der Waals surface area contributed by atoms with Gasteiger partial charge < -0.3 is 14.5 Å². The van der Waals surface area contributed by atoms with Crippen LogP contribution in [0.15, 0.2) is 21.2 Å². The number of nitrogens with zero attached hydrogens (tertiary/aromatic N) is 1. The molecule has 0 radical (unpaired) electrons. The summed E-state index contributed by atoms with van der Waals surface area (Å²) >= 11 is 4.53. The molecule has 25 heavy (non-hydrogen) atoms. The number of fused-ring (bicyclic) bond motifs is 1. The van der Waals surface area contributed by atoms with Gasteiger partial charge in [0.1, 0.15) is 11.1 Å². The van der Waals surface area contributed by atoms with Gasteiger partial charge in [-0.25, -0.2) is 4.79 Å². The average Bonchev–Trinajstić information content (AvgIpc) is 3.08. The maximum Gasteiger partial charge on any atom is 0.374 e. The van der Waals surface area contributed by atoms with Crippen molar-refractivity contribution in [3.63, 3.8) is 0 Å². The van der Waals surface area contributed by atoms with E-state index in [9.17, 15) is 14.9 Å². The van der Waals surface area contributed by atoms with Gasteiger partial charge >= 0.3 is 5.97 Å². The Bertz CT molecular complexity index is 849. The zero-order valence-electron chi connectivity index (χ0n) is 13.3. The Morgan fingerprint density at radius 3 is 2.84 bits per heavy atom. The highest BCUT2D eigenvalue weighted by Gasteiger charge is 2.21. The molecule has 8 heteroatoms. The van der Waals surface area contributed by atoms with Crippen LogP contribution in [0, 0.1) is 11.3 Å². The summed E-state index contributed by atoms with van der Waals surface area (Å²) < 4.78 is 10.4. The highest BCUT2D eigenvalue weighted by Crippen LogP contribution is 2.36. The quantitative estimate of drug-likeness (QED) is 0.592. The van der Waals surface area contributed by atoms with E-state index in [0.717, 1.165) is 37.7 Å². The zero-order chi connectivity index (χ0) is 17.8. The lowest BCUT2D eigenvalue weighted by molar-refractivity contribution is -0.119. The van der Waals surface area contributed by atoms with Crippen LogP contribution in [0.2, 0.25) is 0 Å². The Morgan fingerprint density at radius 1 is 1.32 bits per heavy atom. The molecule has 1 amide bonds. The SMILES string of the molecule is N#Cc1c(NC(=O)COC(=O)c2ccc(Br)o2)sc2c1CCCCC2. The molecule has 0 aliphatic heterocycles. The van der Waals surface area contributed by atoms with E-state index in [1.807, 2.05) is 0 Å². The monoisotopic (exact) mass is 422 g/mol. The summed E-state index contributed by atoms with van der Waals surface area (Å²) in [6, 6.07) is 5.21. The second-order valence-electron chi connectivity index (χ2n) is 5.61. The standard InChI is InChI=1S/C17H15BrN2O4S/c18-14-7-6-12(24-14)17(22)23-9-15(21)20-16-11(8-19)10-4-2-1-3-5-13(10)25-16/h6-7H,1-5,9H2,(H,20,21). The largest absolute Gasteiger partial charge is 0.450 e. The van der Waals surface area contributed by atoms with Crippen LogP contribution in [-0.4, -0.2) is 18.5 Å². The van der Waals surface area contributed by atoms with Crippen molar-refractivity contribution in [1.29, 1.82) is 5.26 Å². The van der Waals surface area contributed by atoms with Gasteiger partial charge in [0.05, 0.1) is 5.56 Å². The van der Waals surface area contributed by atoms with Gasteiger partial charge in [-0.2, -0.15) is 5.26 Å². The van der Waals surface area contributed by atoms with E-state index in [1.165, 1.54) is 22.3 Å². The van der Waals surface area contributed by atoms with Crippen molar-refractivity contribution in [2.75, 3.05) is 11.9 Å². The van der Waals surface area contributed by atoms with Crippen LogP contribution in [-0.2, 0) is 22.4 Å². The number of ether oxygens (including phenoxy) is 1. The molecule has 0 saturated carbocycles. The molecular weight excluding hydrogens is 408 g/mol. The molecule has 2 aromatic heterocycles. The molecule has 0 atom stereocenters. The first-order valence-electron chi connectivity index (χ1n) is 7.85. The molecule has 2 aromatic rings. The number of esters is 1. The van der Waals surface area contributed by atoms with Crippen LogP contribution in [0.1, 0.15) is 45.8 Å². The highest BCUT2D eigenvalue weighted by molar-refractivity contribution is 9.10. The number of nitriles is 1. The lowest BCUT2D eigenvalue weighted by atomic mass is 10.1. The molecule has 2 heterocycles. The predicted molar refractivity (Wildman–Crippen MR) is 95.6 cm³/mol. The van der Waals surface area contributed by atoms with Gasteiger partial charge in [-0.3, -0.25) is 4.79 Å². The van der Waals surface area contributed by atoms with Crippen molar-refractivity contribution in [1.82, 2.24) is 0 Å². The molecule has 6 nitrogen and oxygen atoms in total. The second-order valence-corrected chi connectivity index (χ2v) is 7.50. The molecule has 0 bridgehead atoms. The van der Waals surface area contributed by atoms with E-state index < -0.39 is 18.5 Å². The van der Waals surface area contributed by atoms with Crippen LogP contribution in [0.4, 0.5) is 5.00 Å². The van der Waals surface area contributed by atoms with E-state index in [4.69, 9.17) is 9.15 Å². The number of rotatable bonds is 4. The van der Waals surface area contributed by atoms with Crippen molar-refractivity contribution in [3.8, 4) is 6.07 Å². The van der Waals surface area contributed by atoms with E-state index in [0.29, 0.717) is 15.2 Å². The Balaban J connectivity index is 1.63. The van der Waals surface area contributed by atoms with E-state index in [2.05, 4.69) is 27.3 Å². The maximum absolute atomic E-state index is 12.1. The summed E-state index contributed by atoms with van der Waals surface area (Å²) in [5, 5.41) is 12.7. The highest BCUT2D eigenvalue weighted by atomic mass is 79.9. The third-order valence-electron chi connectivity index (χ3n) is 3.89. The lowest BCUT2D eigenvalue weighted by Gasteiger charge is -2.05. The van der Waals surface area contributed by atoms with Crippen molar-refractivity contribution in [3.05, 3.63) is 38.6 Å². The number of thiophene rings is 1. The summed E-state index contributed by atoms with van der Waals surface area (Å²) in [5.74, 6) is -1.18. The smallest absolute Gasteiger partial charge is 0.374 e. The zero-order valence-corrected chi connectivity index (χ0v) is 15.7. The van der Waals surface area contributed by atoms with Crippen molar-refractivity contribution in [2.24, 2.45) is 0 Å². The molecule has 0 unspecified atom stereocenters. The second kappa shape index (κ2) is 7.85. The summed E-state index contributed by atoms with van der Waals surface area (Å²) in [6.07, 6.45) is 5.12. The number of anilines is 1. The van der Waals surface area contributed by atoms with Crippen LogP contribution >= 0.6 is 27.3 Å². The van der Waals surface area contributed by atoms with Crippen molar-refractivity contribution >= 4 is 44.1 Å². The minimum atomic E-state index is -0.719. The number of carbonyl (C=O) groups excluding carboxylic acids is 2. The first-order valence-corrected chi connectivity index (χ1v) is 9.46. The number of hydrogen-bond acceptors (Lipinski definition) is 6. The fourth-order valence-corrected chi connectivity index (χ4v) is 4.30. The minimum absolute atomic E-state index is 0.0141. The number of halogens is 1. The van der Waals surface area contributed by atoms with Gasteiger partial charge in [0.15, 0.2) is 11.3 Å². The number of hydrogen-bond donors (Lipinski definition) is 1. The van der Waals surface area contributed by atoms with Gasteiger partial charge in [0.2, 0.25) is 5.76 Å². The Morgan fingerprint density at radius 2 is 2.12 bits per heavy atom. The molecule has 0 aromatic carbocycles. The predicted octanol–water partition coefficient (Wildman–Crippen LogP) is 4.04. The minimum Gasteiger partial charge on any atom is -0.450 e. The van der Waals surface area contributed by atoms with Gasteiger partial charge in [-0.1, -0.05) is 6.42 Å². The van der Waals surface area contributed by atoms with Crippen LogP contribution in [0.3, 0.4) is 0 Å². The van der Waals surface area contributed by atoms with Gasteiger partial charge in [-0.05, 0) is 59.3 Å². The van der Waals surface area contributed by atoms with Crippen molar-refractivity contribution in [2.45, 2.75) is 32.1 Å². The average molecular weight is 423 g/mol. The summed E-state index contributed by atoms with van der Waals surface area (Å²) in [7, 11) is 0. The molecule has 1 N–H and O–H groups in total. The Kier molecular flexibility index (Phi) is 5.56. The molecule has 0 fully saturated rings. The molecule has 1 aliphatic carbocycles. The van der Waals surface area contributed by atoms with Gasteiger partial charge in [0.25, 0.3) is 5.91 Å². The Labute approximate surface area is 156 Å². The number of nitrogens with one attached hydrogen (secondary N) is 1. The first kappa shape index (κ1) is 17.7. The summed E-state index contributed by atoms with van der Waals surface area (Å²) in [4.78, 5) is 25.0. The number of amides is 1. The molecule has 130 valence electrons. The van der Waals surface area contributed by atoms with E-state index in [1.54, 1.807) is 6.07 Å². The molecule has 3 rings (SSSR count). The maximum atomic E-state index is 12.1. The number of carbonyl (C=O) groups is 2. The molecule has 0 spiro atoms. The summed E-state index contributed by atoms with van der Waals surface area (Å²) in [5.41, 5.74) is 1.59. The van der Waals surface area contributed by atoms with Crippen LogP contribution in [0.5, 0.6) is 0 Å². The topological polar surface area (TPSA) is 92.3 Å². The van der Waals surface area contributed by atoms with E-state index >= 15 is 0 Å². The third-order valence-corrected chi connectivity index (χ3v) is 5.53. The first-order chi connectivity index (χ1) is 12.1. The van der Waals surface area contributed by atoms with Crippen molar-refractivity contribution < 1.29 is 18.7 Å². The van der Waals surface area contributed by atoms with Gasteiger partial charge in [-0.15, -0.1) is 11.3 Å². The molecular formula is C17H15BrN2O4S. The normalized spacial score (nSPS) is 13.4. The number of aryl methyl sites for hydroxylation is 1. The number of furan rings is 1. The summed E-state index contributed by atoms with van der Waals surface area (Å²) in [6.45, 7) is -0.440. The van der Waals surface area contributed by atoms with Crippen LogP contribution in [0.25, 0.3) is 0 Å². The van der Waals surface area contributed by atoms with Gasteiger partial charge in [0, 0.05) is 4.88 Å². The fourth-order valence-electron chi connectivity index (χ4n) is 2.74.